The van der Waals surface area contributed by atoms with E-state index in [1.165, 1.54) is 6.42 Å². The molecule has 0 radical (unpaired) electrons. The highest BCUT2D eigenvalue weighted by atomic mass is 16.5. The molecule has 3 nitrogen and oxygen atoms in total. The Bertz CT molecular complexity index is 305. The molecule has 0 aliphatic carbocycles. The van der Waals surface area contributed by atoms with Gasteiger partial charge in [0.05, 0.1) is 12.2 Å². The monoisotopic (exact) mass is 224 g/mol. The molecule has 1 N–H and O–H groups in total. The molecule has 0 saturated carbocycles. The molecule has 0 aromatic carbocycles. The Kier molecular flexibility index (Phi) is 5.00. The maximum atomic E-state index is 5.27. The Morgan fingerprint density at radius 1 is 1.25 bits per heavy atom. The molecule has 92 valence electrons. The van der Waals surface area contributed by atoms with E-state index in [4.69, 9.17) is 4.52 Å². The lowest BCUT2D eigenvalue weighted by molar-refractivity contribution is 0.350. The van der Waals surface area contributed by atoms with E-state index in [9.17, 15) is 0 Å². The fraction of sp³-hybridized carbons (Fsp3) is 0.769. The molecular weight excluding hydrogens is 200 g/mol. The Hall–Kier alpha value is -0.830. The zero-order valence-electron chi connectivity index (χ0n) is 11.1. The first-order chi connectivity index (χ1) is 7.49. The Morgan fingerprint density at radius 2 is 1.94 bits per heavy atom. The zero-order valence-corrected chi connectivity index (χ0v) is 11.1. The topological polar surface area (TPSA) is 38.1 Å². The van der Waals surface area contributed by atoms with E-state index in [2.05, 4.69) is 45.1 Å². The molecule has 16 heavy (non-hydrogen) atoms. The lowest BCUT2D eigenvalue weighted by Gasteiger charge is -2.14. The van der Waals surface area contributed by atoms with Crippen LogP contribution in [0.1, 0.15) is 58.4 Å². The summed E-state index contributed by atoms with van der Waals surface area (Å²) in [5, 5.41) is 7.49. The number of aromatic nitrogens is 1. The summed E-state index contributed by atoms with van der Waals surface area (Å²) in [6.07, 6.45) is 1.19. The van der Waals surface area contributed by atoms with Gasteiger partial charge in [-0.1, -0.05) is 32.9 Å². The molecule has 0 aliphatic heterocycles. The second-order valence-electron chi connectivity index (χ2n) is 5.28. The van der Waals surface area contributed by atoms with Crippen molar-refractivity contribution in [3.8, 4) is 0 Å². The molecule has 0 spiro atoms. The van der Waals surface area contributed by atoms with E-state index in [1.807, 2.05) is 6.07 Å². The van der Waals surface area contributed by atoms with Gasteiger partial charge in [-0.05, 0) is 25.2 Å². The highest BCUT2D eigenvalue weighted by Gasteiger charge is 2.09. The van der Waals surface area contributed by atoms with E-state index in [0.29, 0.717) is 12.0 Å². The molecule has 1 aromatic heterocycles. The summed E-state index contributed by atoms with van der Waals surface area (Å²) in [6.45, 7) is 11.7. The van der Waals surface area contributed by atoms with Crippen molar-refractivity contribution in [2.45, 2.75) is 59.5 Å². The van der Waals surface area contributed by atoms with Crippen LogP contribution in [0.15, 0.2) is 10.6 Å². The Labute approximate surface area is 98.6 Å². The lowest BCUT2D eigenvalue weighted by atomic mass is 10.1. The third kappa shape index (κ3) is 4.35. The van der Waals surface area contributed by atoms with Crippen LogP contribution in [-0.2, 0) is 6.54 Å². The van der Waals surface area contributed by atoms with Crippen LogP contribution in [0.4, 0.5) is 0 Å². The van der Waals surface area contributed by atoms with Crippen LogP contribution in [0.25, 0.3) is 0 Å². The van der Waals surface area contributed by atoms with Crippen molar-refractivity contribution in [2.24, 2.45) is 5.92 Å². The summed E-state index contributed by atoms with van der Waals surface area (Å²) in [5.41, 5.74) is 1.04. The summed E-state index contributed by atoms with van der Waals surface area (Å²) in [5.74, 6) is 2.09. The average Bonchev–Trinajstić information content (AvgIpc) is 2.61. The van der Waals surface area contributed by atoms with E-state index in [-0.39, 0.29) is 0 Å². The van der Waals surface area contributed by atoms with Gasteiger partial charge in [0.15, 0.2) is 5.76 Å². The van der Waals surface area contributed by atoms with Crippen LogP contribution in [0, 0.1) is 5.92 Å². The van der Waals surface area contributed by atoms with Gasteiger partial charge in [0, 0.05) is 12.1 Å². The second-order valence-corrected chi connectivity index (χ2v) is 5.28. The third-order valence-corrected chi connectivity index (χ3v) is 2.62. The highest BCUT2D eigenvalue weighted by molar-refractivity contribution is 5.08. The summed E-state index contributed by atoms with van der Waals surface area (Å²) in [6, 6.07) is 2.56. The minimum absolute atomic E-state index is 0.436. The maximum Gasteiger partial charge on any atom is 0.150 e. The molecule has 0 aliphatic rings. The van der Waals surface area contributed by atoms with Crippen molar-refractivity contribution in [2.75, 3.05) is 0 Å². The van der Waals surface area contributed by atoms with Crippen molar-refractivity contribution in [3.63, 3.8) is 0 Å². The van der Waals surface area contributed by atoms with Crippen molar-refractivity contribution < 1.29 is 4.52 Å². The number of nitrogens with one attached hydrogen (secondary N) is 1. The molecule has 0 amide bonds. The largest absolute Gasteiger partial charge is 0.360 e. The van der Waals surface area contributed by atoms with Gasteiger partial charge in [-0.3, -0.25) is 0 Å². The van der Waals surface area contributed by atoms with Crippen LogP contribution in [0.3, 0.4) is 0 Å². The summed E-state index contributed by atoms with van der Waals surface area (Å²) < 4.78 is 5.27. The van der Waals surface area contributed by atoms with Crippen LogP contribution in [-0.4, -0.2) is 11.2 Å². The molecule has 1 atom stereocenters. The quantitative estimate of drug-likeness (QED) is 0.805. The lowest BCUT2D eigenvalue weighted by Crippen LogP contribution is -2.26. The molecule has 1 heterocycles. The minimum atomic E-state index is 0.436. The average molecular weight is 224 g/mol. The summed E-state index contributed by atoms with van der Waals surface area (Å²) in [7, 11) is 0. The normalized spacial score (nSPS) is 13.7. The van der Waals surface area contributed by atoms with Crippen molar-refractivity contribution >= 4 is 0 Å². The second kappa shape index (κ2) is 6.04. The smallest absolute Gasteiger partial charge is 0.150 e. The van der Waals surface area contributed by atoms with Gasteiger partial charge in [0.1, 0.15) is 0 Å². The maximum absolute atomic E-state index is 5.27. The van der Waals surface area contributed by atoms with E-state index in [1.54, 1.807) is 0 Å². The van der Waals surface area contributed by atoms with Crippen molar-refractivity contribution in [1.82, 2.24) is 10.5 Å². The molecule has 0 fully saturated rings. The number of hydrogen-bond acceptors (Lipinski definition) is 3. The standard InChI is InChI=1S/C13H24N2O/c1-9(2)6-11(5)14-8-12-7-13(10(3)4)15-16-12/h7,9-11,14H,6,8H2,1-5H3. The van der Waals surface area contributed by atoms with Gasteiger partial charge in [0.2, 0.25) is 0 Å². The molecule has 0 saturated heterocycles. The van der Waals surface area contributed by atoms with Gasteiger partial charge in [-0.25, -0.2) is 0 Å². The number of hydrogen-bond donors (Lipinski definition) is 1. The predicted octanol–water partition coefficient (Wildman–Crippen LogP) is 3.32. The fourth-order valence-electron chi connectivity index (χ4n) is 1.75. The van der Waals surface area contributed by atoms with Gasteiger partial charge in [-0.2, -0.15) is 0 Å². The Balaban J connectivity index is 2.36. The predicted molar refractivity (Wildman–Crippen MR) is 66.3 cm³/mol. The molecule has 1 aromatic rings. The van der Waals surface area contributed by atoms with Crippen LogP contribution < -0.4 is 5.32 Å². The summed E-state index contributed by atoms with van der Waals surface area (Å²) >= 11 is 0. The van der Waals surface area contributed by atoms with Crippen LogP contribution in [0.5, 0.6) is 0 Å². The van der Waals surface area contributed by atoms with Crippen molar-refractivity contribution in [3.05, 3.63) is 17.5 Å². The SMILES string of the molecule is CC(C)CC(C)NCc1cc(C(C)C)no1. The molecular formula is C13H24N2O. The molecule has 3 heteroatoms. The van der Waals surface area contributed by atoms with Gasteiger partial charge in [0.25, 0.3) is 0 Å². The first-order valence-electron chi connectivity index (χ1n) is 6.18. The summed E-state index contributed by atoms with van der Waals surface area (Å²) in [4.78, 5) is 0. The number of rotatable bonds is 6. The van der Waals surface area contributed by atoms with Gasteiger partial charge in [-0.15, -0.1) is 0 Å². The fourth-order valence-corrected chi connectivity index (χ4v) is 1.75. The first-order valence-corrected chi connectivity index (χ1v) is 6.18. The van der Waals surface area contributed by atoms with E-state index >= 15 is 0 Å². The third-order valence-electron chi connectivity index (χ3n) is 2.62. The van der Waals surface area contributed by atoms with Gasteiger partial charge >= 0.3 is 0 Å². The molecule has 1 unspecified atom stereocenters. The number of nitrogens with zero attached hydrogens (tertiary/aromatic N) is 1. The van der Waals surface area contributed by atoms with Crippen molar-refractivity contribution in [1.29, 1.82) is 0 Å². The van der Waals surface area contributed by atoms with E-state index < -0.39 is 0 Å². The first kappa shape index (κ1) is 13.2. The van der Waals surface area contributed by atoms with Crippen LogP contribution >= 0.6 is 0 Å². The molecule has 1 rings (SSSR count). The Morgan fingerprint density at radius 3 is 2.44 bits per heavy atom. The minimum Gasteiger partial charge on any atom is -0.360 e. The highest BCUT2D eigenvalue weighted by Crippen LogP contribution is 2.14. The van der Waals surface area contributed by atoms with Crippen LogP contribution in [0.2, 0.25) is 0 Å². The zero-order chi connectivity index (χ0) is 12.1. The molecule has 0 bridgehead atoms. The van der Waals surface area contributed by atoms with Gasteiger partial charge < -0.3 is 9.84 Å². The van der Waals surface area contributed by atoms with E-state index in [0.717, 1.165) is 23.9 Å².